The van der Waals surface area contributed by atoms with Gasteiger partial charge in [0.2, 0.25) is 0 Å². The van der Waals surface area contributed by atoms with Gasteiger partial charge in [0.1, 0.15) is 11.8 Å². The molecule has 4 rings (SSSR count). The molecule has 4 aromatic rings. The highest BCUT2D eigenvalue weighted by Gasteiger charge is 2.20. The molecule has 12 heteroatoms. The lowest BCUT2D eigenvalue weighted by Crippen LogP contribution is -2.28. The SMILES string of the molecule is CC[C@H](C)n1c(=O)c(NCc2ccc(S(=O)(=O)CC)cn2)nc2cnc(-c3cncnc3C(C)C)nc21. The maximum Gasteiger partial charge on any atom is 0.295 e. The van der Waals surface area contributed by atoms with E-state index in [1.807, 2.05) is 27.7 Å². The number of hydrogen-bond donors (Lipinski definition) is 1. The number of sulfone groups is 1. The first-order chi connectivity index (χ1) is 17.7. The Balaban J connectivity index is 1.73. The molecule has 0 spiro atoms. The van der Waals surface area contributed by atoms with Crippen LogP contribution in [0.1, 0.15) is 64.4 Å². The van der Waals surface area contributed by atoms with Crippen molar-refractivity contribution in [2.75, 3.05) is 11.1 Å². The van der Waals surface area contributed by atoms with Gasteiger partial charge < -0.3 is 5.32 Å². The van der Waals surface area contributed by atoms with Crippen LogP contribution in [0.3, 0.4) is 0 Å². The molecular formula is C25H30N8O3S. The Morgan fingerprint density at radius 2 is 1.78 bits per heavy atom. The number of fused-ring (bicyclic) bond motifs is 1. The molecule has 0 bridgehead atoms. The molecule has 0 fully saturated rings. The van der Waals surface area contributed by atoms with Crippen molar-refractivity contribution < 1.29 is 8.42 Å². The number of hydrogen-bond acceptors (Lipinski definition) is 10. The predicted molar refractivity (Wildman–Crippen MR) is 141 cm³/mol. The van der Waals surface area contributed by atoms with E-state index < -0.39 is 9.84 Å². The minimum atomic E-state index is -3.33. The van der Waals surface area contributed by atoms with Gasteiger partial charge >= 0.3 is 0 Å². The molecule has 0 aliphatic heterocycles. The second-order valence-electron chi connectivity index (χ2n) is 9.01. The predicted octanol–water partition coefficient (Wildman–Crippen LogP) is 3.54. The van der Waals surface area contributed by atoms with Crippen LogP contribution in [0.2, 0.25) is 0 Å². The molecule has 0 aliphatic carbocycles. The lowest BCUT2D eigenvalue weighted by Gasteiger charge is -2.18. The Morgan fingerprint density at radius 3 is 2.43 bits per heavy atom. The first kappa shape index (κ1) is 26.3. The second-order valence-corrected chi connectivity index (χ2v) is 11.3. The number of rotatable bonds is 9. The number of anilines is 1. The highest BCUT2D eigenvalue weighted by molar-refractivity contribution is 7.91. The quantitative estimate of drug-likeness (QED) is 0.346. The summed E-state index contributed by atoms with van der Waals surface area (Å²) in [5.41, 5.74) is 2.69. The lowest BCUT2D eigenvalue weighted by molar-refractivity contribution is 0.526. The molecule has 0 aromatic carbocycles. The van der Waals surface area contributed by atoms with Gasteiger partial charge in [0, 0.05) is 18.4 Å². The zero-order chi connectivity index (χ0) is 26.7. The van der Waals surface area contributed by atoms with Gasteiger partial charge in [0.15, 0.2) is 27.1 Å². The van der Waals surface area contributed by atoms with Gasteiger partial charge in [-0.1, -0.05) is 27.7 Å². The van der Waals surface area contributed by atoms with Crippen molar-refractivity contribution in [1.82, 2.24) is 34.5 Å². The lowest BCUT2D eigenvalue weighted by atomic mass is 10.0. The van der Waals surface area contributed by atoms with Crippen LogP contribution in [-0.4, -0.2) is 48.6 Å². The summed E-state index contributed by atoms with van der Waals surface area (Å²) in [4.78, 5) is 40.2. The molecule has 4 heterocycles. The minimum Gasteiger partial charge on any atom is -0.360 e. The standard InChI is InChI=1S/C25H30N8O3S/c1-6-16(5)33-24-20(13-29-22(32-24)19-12-26-14-30-21(19)15(3)4)31-23(25(33)34)28-10-17-8-9-18(11-27-17)37(35,36)7-2/h8-9,11-16H,6-7,10H2,1-5H3,(H,28,31)/t16-/m0/s1. The number of nitrogens with zero attached hydrogens (tertiary/aromatic N) is 7. The summed E-state index contributed by atoms with van der Waals surface area (Å²) in [7, 11) is -3.33. The monoisotopic (exact) mass is 522 g/mol. The van der Waals surface area contributed by atoms with Gasteiger partial charge in [0.25, 0.3) is 5.56 Å². The zero-order valence-electron chi connectivity index (χ0n) is 21.5. The third-order valence-corrected chi connectivity index (χ3v) is 7.89. The first-order valence-corrected chi connectivity index (χ1v) is 13.8. The molecule has 0 saturated carbocycles. The minimum absolute atomic E-state index is 0.00229. The van der Waals surface area contributed by atoms with E-state index >= 15 is 0 Å². The molecule has 0 saturated heterocycles. The molecule has 11 nitrogen and oxygen atoms in total. The van der Waals surface area contributed by atoms with Crippen LogP contribution in [0.4, 0.5) is 5.82 Å². The van der Waals surface area contributed by atoms with Crippen LogP contribution in [0.5, 0.6) is 0 Å². The summed E-state index contributed by atoms with van der Waals surface area (Å²) in [6, 6.07) is 2.99. The van der Waals surface area contributed by atoms with E-state index in [-0.39, 0.29) is 40.5 Å². The molecule has 0 radical (unpaired) electrons. The van der Waals surface area contributed by atoms with Crippen LogP contribution in [0.25, 0.3) is 22.6 Å². The van der Waals surface area contributed by atoms with Gasteiger partial charge in [-0.25, -0.2) is 33.3 Å². The number of nitrogens with one attached hydrogen (secondary N) is 1. The molecule has 0 amide bonds. The largest absolute Gasteiger partial charge is 0.360 e. The summed E-state index contributed by atoms with van der Waals surface area (Å²) >= 11 is 0. The normalized spacial score (nSPS) is 12.7. The van der Waals surface area contributed by atoms with Crippen molar-refractivity contribution in [3.8, 4) is 11.4 Å². The van der Waals surface area contributed by atoms with Gasteiger partial charge in [-0.2, -0.15) is 0 Å². The summed E-state index contributed by atoms with van der Waals surface area (Å²) in [5.74, 6) is 0.718. The van der Waals surface area contributed by atoms with Crippen LogP contribution < -0.4 is 10.9 Å². The van der Waals surface area contributed by atoms with E-state index in [4.69, 9.17) is 4.98 Å². The van der Waals surface area contributed by atoms with E-state index in [1.54, 1.807) is 30.0 Å². The average molecular weight is 523 g/mol. The van der Waals surface area contributed by atoms with Crippen molar-refractivity contribution in [1.29, 1.82) is 0 Å². The fraction of sp³-hybridized carbons (Fsp3) is 0.400. The van der Waals surface area contributed by atoms with Crippen LogP contribution in [0, 0.1) is 0 Å². The van der Waals surface area contributed by atoms with E-state index in [2.05, 4.69) is 30.2 Å². The maximum atomic E-state index is 13.5. The van der Waals surface area contributed by atoms with E-state index in [1.165, 1.54) is 18.6 Å². The molecule has 37 heavy (non-hydrogen) atoms. The summed E-state index contributed by atoms with van der Waals surface area (Å²) in [6.45, 7) is 9.79. The second kappa shape index (κ2) is 10.7. The number of aromatic nitrogens is 7. The van der Waals surface area contributed by atoms with Gasteiger partial charge in [-0.3, -0.25) is 14.3 Å². The zero-order valence-corrected chi connectivity index (χ0v) is 22.3. The Morgan fingerprint density at radius 1 is 1.00 bits per heavy atom. The highest BCUT2D eigenvalue weighted by Crippen LogP contribution is 2.26. The van der Waals surface area contributed by atoms with Crippen LogP contribution in [0.15, 0.2) is 46.7 Å². The Bertz CT molecular complexity index is 1580. The third-order valence-electron chi connectivity index (χ3n) is 6.17. The molecular weight excluding hydrogens is 492 g/mol. The van der Waals surface area contributed by atoms with Crippen molar-refractivity contribution in [2.24, 2.45) is 0 Å². The Kier molecular flexibility index (Phi) is 7.58. The fourth-order valence-electron chi connectivity index (χ4n) is 3.85. The molecule has 4 aromatic heterocycles. The van der Waals surface area contributed by atoms with Crippen molar-refractivity contribution in [3.05, 3.63) is 58.8 Å². The summed E-state index contributed by atoms with van der Waals surface area (Å²) in [5, 5.41) is 3.05. The van der Waals surface area contributed by atoms with Crippen LogP contribution in [-0.2, 0) is 16.4 Å². The van der Waals surface area contributed by atoms with Gasteiger partial charge in [0.05, 0.1) is 40.3 Å². The Hall–Kier alpha value is -3.80. The third kappa shape index (κ3) is 5.33. The molecule has 1 N–H and O–H groups in total. The van der Waals surface area contributed by atoms with Crippen molar-refractivity contribution in [2.45, 2.75) is 64.4 Å². The van der Waals surface area contributed by atoms with Gasteiger partial charge in [-0.05, 0) is 31.4 Å². The van der Waals surface area contributed by atoms with E-state index in [0.717, 1.165) is 5.69 Å². The molecule has 1 atom stereocenters. The highest BCUT2D eigenvalue weighted by atomic mass is 32.2. The Labute approximate surface area is 215 Å². The molecule has 194 valence electrons. The summed E-state index contributed by atoms with van der Waals surface area (Å²) in [6.07, 6.45) is 6.82. The van der Waals surface area contributed by atoms with E-state index in [0.29, 0.717) is 34.7 Å². The smallest absolute Gasteiger partial charge is 0.295 e. The molecule has 0 unspecified atom stereocenters. The van der Waals surface area contributed by atoms with E-state index in [9.17, 15) is 13.2 Å². The topological polar surface area (TPSA) is 146 Å². The van der Waals surface area contributed by atoms with Crippen LogP contribution >= 0.6 is 0 Å². The maximum absolute atomic E-state index is 13.5. The number of pyridine rings is 1. The fourth-order valence-corrected chi connectivity index (χ4v) is 4.67. The average Bonchev–Trinajstić information content (AvgIpc) is 2.91. The first-order valence-electron chi connectivity index (χ1n) is 12.2. The van der Waals surface area contributed by atoms with Crippen molar-refractivity contribution in [3.63, 3.8) is 0 Å². The van der Waals surface area contributed by atoms with Crippen molar-refractivity contribution >= 4 is 26.8 Å². The molecule has 0 aliphatic rings. The summed E-state index contributed by atoms with van der Waals surface area (Å²) < 4.78 is 25.7. The van der Waals surface area contributed by atoms with Gasteiger partial charge in [-0.15, -0.1) is 0 Å².